The van der Waals surface area contributed by atoms with Crippen molar-refractivity contribution in [2.24, 2.45) is 11.8 Å². The van der Waals surface area contributed by atoms with E-state index in [4.69, 9.17) is 5.26 Å². The highest BCUT2D eigenvalue weighted by atomic mass is 16.2. The van der Waals surface area contributed by atoms with Crippen molar-refractivity contribution in [2.75, 3.05) is 13.1 Å². The highest BCUT2D eigenvalue weighted by Crippen LogP contribution is 1.91. The predicted octanol–water partition coefficient (Wildman–Crippen LogP) is 0.425. The molecule has 1 atom stereocenters. The molecule has 0 aliphatic rings. The van der Waals surface area contributed by atoms with Gasteiger partial charge in [0.2, 0.25) is 11.8 Å². The van der Waals surface area contributed by atoms with Gasteiger partial charge in [-0.15, -0.1) is 0 Å². The van der Waals surface area contributed by atoms with E-state index in [9.17, 15) is 9.59 Å². The average molecular weight is 225 g/mol. The monoisotopic (exact) mass is 225 g/mol. The fourth-order valence-electron chi connectivity index (χ4n) is 0.917. The minimum Gasteiger partial charge on any atom is -0.356 e. The second-order valence-corrected chi connectivity index (χ2v) is 4.09. The van der Waals surface area contributed by atoms with E-state index in [1.807, 2.05) is 19.9 Å². The van der Waals surface area contributed by atoms with Crippen LogP contribution in [0.25, 0.3) is 0 Å². The maximum Gasteiger partial charge on any atom is 0.237 e. The summed E-state index contributed by atoms with van der Waals surface area (Å²) < 4.78 is 0. The van der Waals surface area contributed by atoms with E-state index in [2.05, 4.69) is 10.6 Å². The van der Waals surface area contributed by atoms with Crippen LogP contribution in [0.5, 0.6) is 0 Å². The zero-order valence-electron chi connectivity index (χ0n) is 10.0. The molecule has 2 amide bonds. The van der Waals surface area contributed by atoms with Crippen LogP contribution in [0.15, 0.2) is 0 Å². The molecule has 0 aromatic carbocycles. The lowest BCUT2D eigenvalue weighted by Gasteiger charge is -2.08. The molecule has 0 fully saturated rings. The van der Waals surface area contributed by atoms with E-state index in [1.165, 1.54) is 6.92 Å². The molecule has 0 rings (SSSR count). The summed E-state index contributed by atoms with van der Waals surface area (Å²) in [5.74, 6) is -0.673. The highest BCUT2D eigenvalue weighted by Gasteiger charge is 2.11. The molecule has 90 valence electrons. The van der Waals surface area contributed by atoms with Crippen LogP contribution in [0, 0.1) is 23.2 Å². The molecule has 0 aliphatic carbocycles. The van der Waals surface area contributed by atoms with Gasteiger partial charge in [0.05, 0.1) is 6.07 Å². The molecule has 0 radical (unpaired) electrons. The first-order valence-corrected chi connectivity index (χ1v) is 5.41. The Morgan fingerprint density at radius 2 is 1.88 bits per heavy atom. The van der Waals surface area contributed by atoms with E-state index >= 15 is 0 Å². The minimum absolute atomic E-state index is 0.0846. The molecule has 5 heteroatoms. The summed E-state index contributed by atoms with van der Waals surface area (Å²) in [6.07, 6.45) is 0.247. The maximum atomic E-state index is 11.2. The fourth-order valence-corrected chi connectivity index (χ4v) is 0.917. The van der Waals surface area contributed by atoms with Gasteiger partial charge in [0, 0.05) is 19.5 Å². The van der Waals surface area contributed by atoms with Gasteiger partial charge in [-0.05, 0) is 12.8 Å². The Bertz CT molecular complexity index is 281. The molecule has 1 unspecified atom stereocenters. The van der Waals surface area contributed by atoms with E-state index in [1.54, 1.807) is 0 Å². The number of amides is 2. The van der Waals surface area contributed by atoms with E-state index < -0.39 is 5.92 Å². The quantitative estimate of drug-likeness (QED) is 0.687. The lowest BCUT2D eigenvalue weighted by molar-refractivity contribution is -0.123. The molecule has 0 aromatic heterocycles. The first-order chi connectivity index (χ1) is 7.47. The van der Waals surface area contributed by atoms with Crippen LogP contribution in [0.1, 0.15) is 27.2 Å². The first kappa shape index (κ1) is 14.4. The van der Waals surface area contributed by atoms with Gasteiger partial charge in [0.25, 0.3) is 0 Å². The lowest BCUT2D eigenvalue weighted by atomic mass is 10.2. The third kappa shape index (κ3) is 6.82. The fraction of sp³-hybridized carbons (Fsp3) is 0.727. The van der Waals surface area contributed by atoms with Gasteiger partial charge in [0.1, 0.15) is 5.92 Å². The third-order valence-corrected chi connectivity index (χ3v) is 1.95. The molecule has 0 aliphatic heterocycles. The summed E-state index contributed by atoms with van der Waals surface area (Å²) in [5.41, 5.74) is 0. The van der Waals surface area contributed by atoms with Crippen LogP contribution < -0.4 is 10.6 Å². The van der Waals surface area contributed by atoms with Gasteiger partial charge >= 0.3 is 0 Å². The number of carbonyl (C=O) groups excluding carboxylic acids is 2. The molecular weight excluding hydrogens is 206 g/mol. The zero-order valence-corrected chi connectivity index (χ0v) is 10.0. The number of carbonyl (C=O) groups is 2. The summed E-state index contributed by atoms with van der Waals surface area (Å²) in [6, 6.07) is 1.83. The molecule has 0 aromatic rings. The molecule has 0 bridgehead atoms. The highest BCUT2D eigenvalue weighted by molar-refractivity contribution is 5.81. The smallest absolute Gasteiger partial charge is 0.237 e. The van der Waals surface area contributed by atoms with E-state index in [0.717, 1.165) is 0 Å². The van der Waals surface area contributed by atoms with Crippen LogP contribution in [-0.2, 0) is 9.59 Å². The Kier molecular flexibility index (Phi) is 6.93. The number of rotatable bonds is 6. The van der Waals surface area contributed by atoms with Crippen LogP contribution in [0.4, 0.5) is 0 Å². The molecule has 0 spiro atoms. The van der Waals surface area contributed by atoms with Crippen molar-refractivity contribution in [3.63, 3.8) is 0 Å². The van der Waals surface area contributed by atoms with Crippen molar-refractivity contribution in [1.82, 2.24) is 10.6 Å². The van der Waals surface area contributed by atoms with Crippen molar-refractivity contribution >= 4 is 11.8 Å². The molecule has 0 heterocycles. The molecule has 16 heavy (non-hydrogen) atoms. The number of nitrogens with zero attached hydrogens (tertiary/aromatic N) is 1. The predicted molar refractivity (Wildman–Crippen MR) is 60.3 cm³/mol. The van der Waals surface area contributed by atoms with Crippen LogP contribution in [0.3, 0.4) is 0 Å². The molecule has 0 saturated heterocycles. The molecular formula is C11H19N3O2. The summed E-state index contributed by atoms with van der Waals surface area (Å²) in [4.78, 5) is 22.4. The van der Waals surface area contributed by atoms with Gasteiger partial charge in [-0.25, -0.2) is 0 Å². The second kappa shape index (κ2) is 7.69. The van der Waals surface area contributed by atoms with Crippen molar-refractivity contribution in [3.05, 3.63) is 0 Å². The Hall–Kier alpha value is -1.57. The lowest BCUT2D eigenvalue weighted by Crippen LogP contribution is -2.34. The molecule has 5 nitrogen and oxygen atoms in total. The standard InChI is InChI=1S/C11H19N3O2/c1-8(2)7-14-10(15)4-5-13-11(16)9(3)6-12/h8-9H,4-5,7H2,1-3H3,(H,13,16)(H,14,15). The minimum atomic E-state index is -0.668. The summed E-state index contributed by atoms with van der Waals surface area (Å²) >= 11 is 0. The van der Waals surface area contributed by atoms with Crippen LogP contribution in [-0.4, -0.2) is 24.9 Å². The van der Waals surface area contributed by atoms with Gasteiger partial charge in [0.15, 0.2) is 0 Å². The number of nitriles is 1. The number of nitrogens with one attached hydrogen (secondary N) is 2. The zero-order chi connectivity index (χ0) is 12.6. The normalized spacial score (nSPS) is 11.7. The maximum absolute atomic E-state index is 11.2. The Morgan fingerprint density at radius 3 is 2.38 bits per heavy atom. The summed E-state index contributed by atoms with van der Waals surface area (Å²) in [6.45, 7) is 6.46. The van der Waals surface area contributed by atoms with Gasteiger partial charge in [-0.3, -0.25) is 9.59 Å². The first-order valence-electron chi connectivity index (χ1n) is 5.41. The SMILES string of the molecule is CC(C)CNC(=O)CCNC(=O)C(C)C#N. The van der Waals surface area contributed by atoms with Crippen molar-refractivity contribution in [1.29, 1.82) is 5.26 Å². The van der Waals surface area contributed by atoms with E-state index in [-0.39, 0.29) is 24.8 Å². The van der Waals surface area contributed by atoms with Gasteiger partial charge in [-0.2, -0.15) is 5.26 Å². The van der Waals surface area contributed by atoms with E-state index in [0.29, 0.717) is 12.5 Å². The van der Waals surface area contributed by atoms with Gasteiger partial charge < -0.3 is 10.6 Å². The number of hydrogen-bond donors (Lipinski definition) is 2. The van der Waals surface area contributed by atoms with Crippen LogP contribution in [0.2, 0.25) is 0 Å². The molecule has 2 N–H and O–H groups in total. The Balaban J connectivity index is 3.63. The Morgan fingerprint density at radius 1 is 1.25 bits per heavy atom. The summed E-state index contributed by atoms with van der Waals surface area (Å²) in [7, 11) is 0. The number of hydrogen-bond acceptors (Lipinski definition) is 3. The largest absolute Gasteiger partial charge is 0.356 e. The van der Waals surface area contributed by atoms with Crippen molar-refractivity contribution in [2.45, 2.75) is 27.2 Å². The van der Waals surface area contributed by atoms with Gasteiger partial charge in [-0.1, -0.05) is 13.8 Å². The third-order valence-electron chi connectivity index (χ3n) is 1.95. The Labute approximate surface area is 96.2 Å². The topological polar surface area (TPSA) is 82.0 Å². The van der Waals surface area contributed by atoms with Crippen molar-refractivity contribution in [3.8, 4) is 6.07 Å². The molecule has 0 saturated carbocycles. The van der Waals surface area contributed by atoms with Crippen molar-refractivity contribution < 1.29 is 9.59 Å². The second-order valence-electron chi connectivity index (χ2n) is 4.09. The average Bonchev–Trinajstić information content (AvgIpc) is 2.24. The summed E-state index contributed by atoms with van der Waals surface area (Å²) in [5, 5.41) is 13.7. The van der Waals surface area contributed by atoms with Crippen LogP contribution >= 0.6 is 0 Å².